The lowest BCUT2D eigenvalue weighted by Crippen LogP contribution is -2.00. The van der Waals surface area contributed by atoms with E-state index in [-0.39, 0.29) is 0 Å². The zero-order valence-electron chi connectivity index (χ0n) is 10.3. The maximum absolute atomic E-state index is 4.75. The van der Waals surface area contributed by atoms with Crippen molar-refractivity contribution < 1.29 is 0 Å². The van der Waals surface area contributed by atoms with E-state index < -0.39 is 0 Å². The molecule has 0 aliphatic heterocycles. The molecular weight excluding hydrogens is 182 g/mol. The summed E-state index contributed by atoms with van der Waals surface area (Å²) in [4.78, 5) is 4.75. The number of pyridine rings is 1. The molecule has 15 heavy (non-hydrogen) atoms. The van der Waals surface area contributed by atoms with E-state index >= 15 is 0 Å². The van der Waals surface area contributed by atoms with Crippen molar-refractivity contribution in [3.63, 3.8) is 0 Å². The zero-order valence-corrected chi connectivity index (χ0v) is 10.3. The van der Waals surface area contributed by atoms with E-state index in [1.807, 2.05) is 0 Å². The van der Waals surface area contributed by atoms with Gasteiger partial charge in [-0.2, -0.15) is 0 Å². The molecule has 0 unspecified atom stereocenters. The molecule has 0 amide bonds. The van der Waals surface area contributed by atoms with Crippen LogP contribution in [0.3, 0.4) is 0 Å². The second-order valence-electron chi connectivity index (χ2n) is 4.91. The summed E-state index contributed by atoms with van der Waals surface area (Å²) in [7, 11) is 0. The molecule has 0 radical (unpaired) electrons. The first-order chi connectivity index (χ1) is 7.00. The van der Waals surface area contributed by atoms with E-state index in [0.29, 0.717) is 5.92 Å². The van der Waals surface area contributed by atoms with Crippen LogP contribution >= 0.6 is 0 Å². The quantitative estimate of drug-likeness (QED) is 0.672. The number of rotatable bonds is 1. The van der Waals surface area contributed by atoms with Crippen molar-refractivity contribution in [3.05, 3.63) is 34.2 Å². The molecule has 1 heteroatoms. The van der Waals surface area contributed by atoms with Crippen LogP contribution in [0.4, 0.5) is 0 Å². The van der Waals surface area contributed by atoms with Gasteiger partial charge in [0.05, 0.1) is 5.69 Å². The fraction of sp³-hybridized carbons (Fsp3) is 0.500. The Labute approximate surface area is 92.2 Å². The van der Waals surface area contributed by atoms with E-state index in [1.165, 1.54) is 33.7 Å². The van der Waals surface area contributed by atoms with Gasteiger partial charge in [0.2, 0.25) is 0 Å². The fourth-order valence-electron chi connectivity index (χ4n) is 2.33. The summed E-state index contributed by atoms with van der Waals surface area (Å²) in [6.45, 7) is 11.0. The average Bonchev–Trinajstić information content (AvgIpc) is 2.43. The Morgan fingerprint density at radius 2 is 1.87 bits per heavy atom. The van der Waals surface area contributed by atoms with Crippen LogP contribution in [0.2, 0.25) is 0 Å². The van der Waals surface area contributed by atoms with Gasteiger partial charge >= 0.3 is 0 Å². The van der Waals surface area contributed by atoms with E-state index in [4.69, 9.17) is 4.98 Å². The SMILES string of the molecule is CC1=C(C)c2nc(C)c(C(C)C)cc2C1. The Hall–Kier alpha value is -1.11. The number of hydrogen-bond donors (Lipinski definition) is 0. The third-order valence-corrected chi connectivity index (χ3v) is 3.40. The predicted octanol–water partition coefficient (Wildman–Crippen LogP) is 3.86. The van der Waals surface area contributed by atoms with E-state index in [1.54, 1.807) is 0 Å². The van der Waals surface area contributed by atoms with Crippen LogP contribution in [-0.2, 0) is 6.42 Å². The summed E-state index contributed by atoms with van der Waals surface area (Å²) in [5.41, 5.74) is 8.09. The van der Waals surface area contributed by atoms with Gasteiger partial charge in [-0.15, -0.1) is 0 Å². The summed E-state index contributed by atoms with van der Waals surface area (Å²) in [6, 6.07) is 2.35. The first-order valence-electron chi connectivity index (χ1n) is 5.68. The first kappa shape index (κ1) is 10.4. The Balaban J connectivity index is 2.55. The van der Waals surface area contributed by atoms with E-state index in [9.17, 15) is 0 Å². The van der Waals surface area contributed by atoms with E-state index in [0.717, 1.165) is 6.42 Å². The maximum Gasteiger partial charge on any atom is 0.0696 e. The molecule has 0 N–H and O–H groups in total. The molecule has 1 aromatic heterocycles. The lowest BCUT2D eigenvalue weighted by atomic mass is 9.98. The number of aromatic nitrogens is 1. The number of allylic oxidation sites excluding steroid dienone is 2. The first-order valence-corrected chi connectivity index (χ1v) is 5.68. The highest BCUT2D eigenvalue weighted by Gasteiger charge is 2.19. The number of fused-ring (bicyclic) bond motifs is 1. The smallest absolute Gasteiger partial charge is 0.0696 e. The van der Waals surface area contributed by atoms with Gasteiger partial charge in [-0.1, -0.05) is 25.5 Å². The molecule has 1 aliphatic rings. The Morgan fingerprint density at radius 3 is 2.47 bits per heavy atom. The van der Waals surface area contributed by atoms with Gasteiger partial charge < -0.3 is 0 Å². The van der Waals surface area contributed by atoms with Crippen LogP contribution in [0.1, 0.15) is 56.1 Å². The Bertz CT molecular complexity index is 439. The van der Waals surface area contributed by atoms with Gasteiger partial charge in [0, 0.05) is 5.69 Å². The van der Waals surface area contributed by atoms with Crippen LogP contribution in [0, 0.1) is 6.92 Å². The fourth-order valence-corrected chi connectivity index (χ4v) is 2.33. The van der Waals surface area contributed by atoms with Gasteiger partial charge in [-0.3, -0.25) is 4.98 Å². The Morgan fingerprint density at radius 1 is 1.20 bits per heavy atom. The highest BCUT2D eigenvalue weighted by molar-refractivity contribution is 5.72. The highest BCUT2D eigenvalue weighted by atomic mass is 14.7. The van der Waals surface area contributed by atoms with Crippen LogP contribution < -0.4 is 0 Å². The summed E-state index contributed by atoms with van der Waals surface area (Å²) >= 11 is 0. The van der Waals surface area contributed by atoms with Crippen molar-refractivity contribution in [1.82, 2.24) is 4.98 Å². The van der Waals surface area contributed by atoms with Crippen LogP contribution in [-0.4, -0.2) is 4.98 Å². The normalized spacial score (nSPS) is 15.1. The average molecular weight is 201 g/mol. The summed E-state index contributed by atoms with van der Waals surface area (Å²) in [6.07, 6.45) is 1.09. The van der Waals surface area contributed by atoms with Crippen LogP contribution in [0.25, 0.3) is 5.57 Å². The van der Waals surface area contributed by atoms with Crippen LogP contribution in [0.5, 0.6) is 0 Å². The largest absolute Gasteiger partial charge is 0.253 e. The van der Waals surface area contributed by atoms with Gasteiger partial charge in [0.25, 0.3) is 0 Å². The third kappa shape index (κ3) is 1.60. The molecule has 1 heterocycles. The van der Waals surface area contributed by atoms with Gasteiger partial charge in [-0.25, -0.2) is 0 Å². The second kappa shape index (κ2) is 3.48. The van der Waals surface area contributed by atoms with Crippen LogP contribution in [0.15, 0.2) is 11.6 Å². The van der Waals surface area contributed by atoms with Crippen molar-refractivity contribution in [3.8, 4) is 0 Å². The van der Waals surface area contributed by atoms with Crippen molar-refractivity contribution in [1.29, 1.82) is 0 Å². The molecule has 2 rings (SSSR count). The minimum atomic E-state index is 0.573. The van der Waals surface area contributed by atoms with Crippen molar-refractivity contribution in [2.45, 2.75) is 47.0 Å². The Kier molecular flexibility index (Phi) is 2.41. The topological polar surface area (TPSA) is 12.9 Å². The summed E-state index contributed by atoms with van der Waals surface area (Å²) < 4.78 is 0. The third-order valence-electron chi connectivity index (χ3n) is 3.40. The van der Waals surface area contributed by atoms with E-state index in [2.05, 4.69) is 40.7 Å². The molecule has 0 saturated carbocycles. The van der Waals surface area contributed by atoms with Crippen molar-refractivity contribution in [2.75, 3.05) is 0 Å². The van der Waals surface area contributed by atoms with Gasteiger partial charge in [0.1, 0.15) is 0 Å². The molecule has 1 aliphatic carbocycles. The molecular formula is C14H19N. The molecule has 1 nitrogen and oxygen atoms in total. The molecule has 0 aromatic carbocycles. The molecule has 0 fully saturated rings. The number of aryl methyl sites for hydroxylation is 1. The molecule has 0 atom stereocenters. The molecule has 0 saturated heterocycles. The molecule has 0 bridgehead atoms. The highest BCUT2D eigenvalue weighted by Crippen LogP contribution is 2.33. The van der Waals surface area contributed by atoms with Gasteiger partial charge in [-0.05, 0) is 49.8 Å². The van der Waals surface area contributed by atoms with Crippen molar-refractivity contribution >= 4 is 5.57 Å². The number of hydrogen-bond acceptors (Lipinski definition) is 1. The minimum absolute atomic E-state index is 0.573. The lowest BCUT2D eigenvalue weighted by Gasteiger charge is -2.12. The lowest BCUT2D eigenvalue weighted by molar-refractivity contribution is 0.837. The monoisotopic (exact) mass is 201 g/mol. The number of nitrogens with zero attached hydrogens (tertiary/aromatic N) is 1. The molecule has 80 valence electrons. The molecule has 1 aromatic rings. The summed E-state index contributed by atoms with van der Waals surface area (Å²) in [5, 5.41) is 0. The second-order valence-corrected chi connectivity index (χ2v) is 4.91. The van der Waals surface area contributed by atoms with Gasteiger partial charge in [0.15, 0.2) is 0 Å². The standard InChI is InChI=1S/C14H19N/c1-8(2)13-7-12-6-9(3)10(4)14(12)15-11(13)5/h7-8H,6H2,1-5H3. The zero-order chi connectivity index (χ0) is 11.2. The minimum Gasteiger partial charge on any atom is -0.253 e. The molecule has 0 spiro atoms. The maximum atomic E-state index is 4.75. The van der Waals surface area contributed by atoms with Crippen molar-refractivity contribution in [2.24, 2.45) is 0 Å². The summed E-state index contributed by atoms with van der Waals surface area (Å²) in [5.74, 6) is 0.573. The predicted molar refractivity (Wildman–Crippen MR) is 65.0 cm³/mol.